The quantitative estimate of drug-likeness (QED) is 0.265. The molecule has 0 fully saturated rings. The molecule has 5 rings (SSSR count). The molecule has 0 aromatic heterocycles. The number of rotatable bonds is 8. The summed E-state index contributed by atoms with van der Waals surface area (Å²) in [5.41, 5.74) is 6.82. The van der Waals surface area contributed by atoms with Crippen molar-refractivity contribution in [3.05, 3.63) is 131 Å². The Balaban J connectivity index is 1.45. The maximum absolute atomic E-state index is 14.1. The van der Waals surface area contributed by atoms with Crippen LogP contribution < -0.4 is 0 Å². The van der Waals surface area contributed by atoms with Crippen molar-refractivity contribution >= 4 is 11.9 Å². The first-order valence-electron chi connectivity index (χ1n) is 13.8. The second-order valence-corrected chi connectivity index (χ2v) is 10.8. The Kier molecular flexibility index (Phi) is 7.92. The Bertz CT molecular complexity index is 1460. The highest BCUT2D eigenvalue weighted by molar-refractivity contribution is 5.89. The number of nitrogens with zero attached hydrogens (tertiary/aromatic N) is 1. The molecule has 4 nitrogen and oxygen atoms in total. The summed E-state index contributed by atoms with van der Waals surface area (Å²) < 4.78 is 0. The molecular weight excluding hydrogens is 482 g/mol. The molecule has 0 saturated carbocycles. The highest BCUT2D eigenvalue weighted by atomic mass is 16.4. The van der Waals surface area contributed by atoms with Gasteiger partial charge in [-0.2, -0.15) is 0 Å². The van der Waals surface area contributed by atoms with Crippen molar-refractivity contribution < 1.29 is 14.7 Å². The van der Waals surface area contributed by atoms with E-state index < -0.39 is 5.97 Å². The van der Waals surface area contributed by atoms with E-state index in [2.05, 4.69) is 67.3 Å². The van der Waals surface area contributed by atoms with E-state index in [-0.39, 0.29) is 23.6 Å². The molecule has 4 aromatic carbocycles. The highest BCUT2D eigenvalue weighted by Crippen LogP contribution is 2.41. The van der Waals surface area contributed by atoms with Crippen LogP contribution in [0, 0.1) is 5.92 Å². The molecule has 0 heterocycles. The van der Waals surface area contributed by atoms with Gasteiger partial charge in [-0.05, 0) is 84.5 Å². The van der Waals surface area contributed by atoms with E-state index in [9.17, 15) is 14.7 Å². The molecule has 4 aromatic rings. The fourth-order valence-corrected chi connectivity index (χ4v) is 6.03. The first kappa shape index (κ1) is 26.4. The van der Waals surface area contributed by atoms with Crippen molar-refractivity contribution in [3.8, 4) is 11.1 Å². The average molecular weight is 518 g/mol. The smallest absolute Gasteiger partial charge is 0.335 e. The zero-order valence-electron chi connectivity index (χ0n) is 22.6. The van der Waals surface area contributed by atoms with Crippen LogP contribution in [0.5, 0.6) is 0 Å². The van der Waals surface area contributed by atoms with E-state index in [0.29, 0.717) is 12.3 Å². The molecule has 2 unspecified atom stereocenters. The lowest BCUT2D eigenvalue weighted by molar-refractivity contribution is -0.136. The van der Waals surface area contributed by atoms with Gasteiger partial charge < -0.3 is 10.0 Å². The molecule has 0 aliphatic heterocycles. The number of amides is 1. The van der Waals surface area contributed by atoms with Crippen molar-refractivity contribution in [2.45, 2.75) is 51.6 Å². The molecule has 1 amide bonds. The predicted octanol–water partition coefficient (Wildman–Crippen LogP) is 7.38. The predicted molar refractivity (Wildman–Crippen MR) is 156 cm³/mol. The van der Waals surface area contributed by atoms with Gasteiger partial charge in [0.25, 0.3) is 0 Å². The number of carboxylic acid groups (broad SMARTS) is 1. The second kappa shape index (κ2) is 11.7. The molecule has 0 saturated heterocycles. The standard InChI is InChI=1S/C35H35NO3/c1-24(2)36(33(37)22-26-12-8-14-28(21-26)29-15-9-16-31(23-29)35(38)39)34-30(20-25-10-4-3-5-11-25)19-18-27-13-6-7-17-32(27)34/h3-17,21,23-24,30,34H,18-20,22H2,1-2H3,(H,38,39). The molecular formula is C35H35NO3. The van der Waals surface area contributed by atoms with Crippen LogP contribution in [0.4, 0.5) is 0 Å². The molecule has 0 bridgehead atoms. The van der Waals surface area contributed by atoms with E-state index in [1.165, 1.54) is 16.7 Å². The van der Waals surface area contributed by atoms with Crippen LogP contribution in [0.2, 0.25) is 0 Å². The molecule has 1 N–H and O–H groups in total. The fourth-order valence-electron chi connectivity index (χ4n) is 6.03. The molecule has 2 atom stereocenters. The molecule has 198 valence electrons. The maximum atomic E-state index is 14.1. The lowest BCUT2D eigenvalue weighted by Crippen LogP contribution is -2.45. The number of benzene rings is 4. The Morgan fingerprint density at radius 3 is 2.23 bits per heavy atom. The van der Waals surface area contributed by atoms with Gasteiger partial charge in [-0.1, -0.05) is 91.0 Å². The number of carboxylic acids is 1. The third-order valence-electron chi connectivity index (χ3n) is 7.81. The average Bonchev–Trinajstić information content (AvgIpc) is 2.95. The molecule has 1 aliphatic rings. The van der Waals surface area contributed by atoms with Gasteiger partial charge in [0.15, 0.2) is 0 Å². The van der Waals surface area contributed by atoms with E-state index in [1.807, 2.05) is 36.4 Å². The van der Waals surface area contributed by atoms with Crippen molar-refractivity contribution in [1.29, 1.82) is 0 Å². The highest BCUT2D eigenvalue weighted by Gasteiger charge is 2.37. The van der Waals surface area contributed by atoms with Crippen molar-refractivity contribution in [2.24, 2.45) is 5.92 Å². The number of carbonyl (C=O) groups is 2. The van der Waals surface area contributed by atoms with E-state index >= 15 is 0 Å². The monoisotopic (exact) mass is 517 g/mol. The molecule has 0 spiro atoms. The summed E-state index contributed by atoms with van der Waals surface area (Å²) in [7, 11) is 0. The van der Waals surface area contributed by atoms with Crippen LogP contribution >= 0.6 is 0 Å². The number of hydrogen-bond acceptors (Lipinski definition) is 2. The fraction of sp³-hybridized carbons (Fsp3) is 0.257. The molecule has 39 heavy (non-hydrogen) atoms. The molecule has 1 aliphatic carbocycles. The van der Waals surface area contributed by atoms with Gasteiger partial charge in [0.1, 0.15) is 0 Å². The molecule has 0 radical (unpaired) electrons. The lowest BCUT2D eigenvalue weighted by atomic mass is 9.75. The first-order chi connectivity index (χ1) is 18.9. The third kappa shape index (κ3) is 5.96. The van der Waals surface area contributed by atoms with Gasteiger partial charge >= 0.3 is 5.97 Å². The Labute approximate surface area is 230 Å². The van der Waals surface area contributed by atoms with Crippen LogP contribution in [0.25, 0.3) is 11.1 Å². The van der Waals surface area contributed by atoms with E-state index in [4.69, 9.17) is 0 Å². The summed E-state index contributed by atoms with van der Waals surface area (Å²) in [4.78, 5) is 27.7. The summed E-state index contributed by atoms with van der Waals surface area (Å²) in [6.07, 6.45) is 3.30. The van der Waals surface area contributed by atoms with Crippen molar-refractivity contribution in [3.63, 3.8) is 0 Å². The summed E-state index contributed by atoms with van der Waals surface area (Å²) in [5, 5.41) is 9.40. The number of fused-ring (bicyclic) bond motifs is 1. The van der Waals surface area contributed by atoms with Crippen LogP contribution in [0.15, 0.2) is 103 Å². The van der Waals surface area contributed by atoms with Gasteiger partial charge in [-0.25, -0.2) is 4.79 Å². The van der Waals surface area contributed by atoms with Crippen LogP contribution in [0.1, 0.15) is 58.9 Å². The second-order valence-electron chi connectivity index (χ2n) is 10.8. The van der Waals surface area contributed by atoms with Crippen LogP contribution in [0.3, 0.4) is 0 Å². The van der Waals surface area contributed by atoms with E-state index in [1.54, 1.807) is 18.2 Å². The summed E-state index contributed by atoms with van der Waals surface area (Å²) in [5.74, 6) is -0.506. The maximum Gasteiger partial charge on any atom is 0.335 e. The van der Waals surface area contributed by atoms with Gasteiger partial charge in [-0.15, -0.1) is 0 Å². The largest absolute Gasteiger partial charge is 0.478 e. The third-order valence-corrected chi connectivity index (χ3v) is 7.81. The van der Waals surface area contributed by atoms with Crippen molar-refractivity contribution in [2.75, 3.05) is 0 Å². The zero-order chi connectivity index (χ0) is 27.4. The van der Waals surface area contributed by atoms with Crippen LogP contribution in [-0.2, 0) is 24.1 Å². The topological polar surface area (TPSA) is 57.6 Å². The van der Waals surface area contributed by atoms with Gasteiger partial charge in [-0.3, -0.25) is 4.79 Å². The number of aromatic carboxylic acids is 1. The van der Waals surface area contributed by atoms with Crippen LogP contribution in [-0.4, -0.2) is 27.9 Å². The Morgan fingerprint density at radius 1 is 0.821 bits per heavy atom. The number of aryl methyl sites for hydroxylation is 1. The van der Waals surface area contributed by atoms with Gasteiger partial charge in [0, 0.05) is 6.04 Å². The Morgan fingerprint density at radius 2 is 1.49 bits per heavy atom. The molecule has 4 heteroatoms. The van der Waals surface area contributed by atoms with Crippen molar-refractivity contribution in [1.82, 2.24) is 4.90 Å². The summed E-state index contributed by atoms with van der Waals surface area (Å²) >= 11 is 0. The minimum Gasteiger partial charge on any atom is -0.478 e. The normalized spacial score (nSPS) is 16.5. The first-order valence-corrected chi connectivity index (χ1v) is 13.8. The minimum atomic E-state index is -0.950. The summed E-state index contributed by atoms with van der Waals surface area (Å²) in [6, 6.07) is 34.1. The Hall–Kier alpha value is -4.18. The number of hydrogen-bond donors (Lipinski definition) is 1. The zero-order valence-corrected chi connectivity index (χ0v) is 22.6. The lowest BCUT2D eigenvalue weighted by Gasteiger charge is -2.43. The minimum absolute atomic E-state index is 0.0121. The van der Waals surface area contributed by atoms with Gasteiger partial charge in [0.2, 0.25) is 5.91 Å². The summed E-state index contributed by atoms with van der Waals surface area (Å²) in [6.45, 7) is 4.23. The van der Waals surface area contributed by atoms with E-state index in [0.717, 1.165) is 36.0 Å². The van der Waals surface area contributed by atoms with Gasteiger partial charge in [0.05, 0.1) is 18.0 Å². The number of carbonyl (C=O) groups excluding carboxylic acids is 1. The SMILES string of the molecule is CC(C)N(C(=O)Cc1cccc(-c2cccc(C(=O)O)c2)c1)C1c2ccccc2CCC1Cc1ccccc1.